The Balaban J connectivity index is 1.81. The first-order chi connectivity index (χ1) is 16.8. The normalized spacial score (nSPS) is 10.1. The van der Waals surface area contributed by atoms with Crippen molar-refractivity contribution in [2.24, 2.45) is 0 Å². The fourth-order valence-corrected chi connectivity index (χ4v) is 3.91. The first kappa shape index (κ1) is 29.8. The highest BCUT2D eigenvalue weighted by Gasteiger charge is 2.01. The van der Waals surface area contributed by atoms with E-state index < -0.39 is 0 Å². The Bertz CT molecular complexity index is 721. The van der Waals surface area contributed by atoms with Crippen LogP contribution in [0.5, 0.6) is 0 Å². The zero-order valence-electron chi connectivity index (χ0n) is 21.8. The van der Waals surface area contributed by atoms with Gasteiger partial charge in [0, 0.05) is 38.2 Å². The van der Waals surface area contributed by atoms with Crippen LogP contribution in [0.15, 0.2) is 24.5 Å². The van der Waals surface area contributed by atoms with E-state index in [1.54, 1.807) is 12.4 Å². The lowest BCUT2D eigenvalue weighted by atomic mass is 10.1. The van der Waals surface area contributed by atoms with Crippen molar-refractivity contribution in [3.05, 3.63) is 30.1 Å². The number of hydrogen-bond donors (Lipinski definition) is 1. The maximum absolute atomic E-state index is 11.9. The molecule has 0 radical (unpaired) electrons. The predicted molar refractivity (Wildman–Crippen MR) is 145 cm³/mol. The lowest BCUT2D eigenvalue weighted by molar-refractivity contribution is -0.121. The van der Waals surface area contributed by atoms with Crippen molar-refractivity contribution < 1.29 is 4.79 Å². The average Bonchev–Trinajstić information content (AvgIpc) is 2.86. The van der Waals surface area contributed by atoms with Crippen LogP contribution in [0.4, 0.5) is 0 Å². The van der Waals surface area contributed by atoms with E-state index in [4.69, 9.17) is 0 Å². The zero-order chi connectivity index (χ0) is 24.4. The van der Waals surface area contributed by atoms with E-state index in [2.05, 4.69) is 40.9 Å². The number of hydrogen-bond acceptors (Lipinski definition) is 2. The second-order valence-electron chi connectivity index (χ2n) is 9.29. The first-order valence-corrected chi connectivity index (χ1v) is 13.9. The molecule has 0 aliphatic carbocycles. The first-order valence-electron chi connectivity index (χ1n) is 13.9. The van der Waals surface area contributed by atoms with Crippen LogP contribution in [0.2, 0.25) is 0 Å². The van der Waals surface area contributed by atoms with Gasteiger partial charge in [0.2, 0.25) is 5.91 Å². The van der Waals surface area contributed by atoms with Crippen molar-refractivity contribution in [2.45, 2.75) is 135 Å². The number of amides is 1. The highest BCUT2D eigenvalue weighted by atomic mass is 16.1. The molecule has 34 heavy (non-hydrogen) atoms. The molecular formula is C31H48N2O. The Hall–Kier alpha value is -2.26. The summed E-state index contributed by atoms with van der Waals surface area (Å²) in [5.41, 5.74) is 1.09. The third-order valence-corrected chi connectivity index (χ3v) is 6.09. The highest BCUT2D eigenvalue weighted by molar-refractivity contribution is 5.75. The van der Waals surface area contributed by atoms with Crippen LogP contribution < -0.4 is 5.32 Å². The number of carbonyl (C=O) groups excluding carboxylic acids is 1. The van der Waals surface area contributed by atoms with Gasteiger partial charge in [-0.25, -0.2) is 0 Å². The standard InChI is InChI=1S/C31H48N2O/c1-2-3-4-5-6-7-8-9-10-11-12-13-14-15-16-17-18-19-20-21-22-23-24-31(34)33-29-30-25-27-32-28-26-30/h25-28H,2-12,17-24,29H2,1H3,(H,33,34). The quantitative estimate of drug-likeness (QED) is 0.156. The van der Waals surface area contributed by atoms with E-state index in [0.29, 0.717) is 13.0 Å². The highest BCUT2D eigenvalue weighted by Crippen LogP contribution is 2.11. The fourth-order valence-electron chi connectivity index (χ4n) is 3.91. The van der Waals surface area contributed by atoms with Crippen LogP contribution in [0, 0.1) is 23.7 Å². The van der Waals surface area contributed by atoms with Gasteiger partial charge in [0.15, 0.2) is 0 Å². The molecule has 3 nitrogen and oxygen atoms in total. The van der Waals surface area contributed by atoms with Crippen molar-refractivity contribution in [1.82, 2.24) is 10.3 Å². The maximum Gasteiger partial charge on any atom is 0.220 e. The van der Waals surface area contributed by atoms with Gasteiger partial charge in [0.05, 0.1) is 0 Å². The molecular weight excluding hydrogens is 416 g/mol. The third kappa shape index (κ3) is 20.4. The third-order valence-electron chi connectivity index (χ3n) is 6.09. The predicted octanol–water partition coefficient (Wildman–Crippen LogP) is 8.14. The van der Waals surface area contributed by atoms with E-state index in [1.165, 1.54) is 83.5 Å². The Morgan fingerprint density at radius 1 is 0.706 bits per heavy atom. The van der Waals surface area contributed by atoms with Gasteiger partial charge in [-0.15, -0.1) is 0 Å². The second-order valence-corrected chi connectivity index (χ2v) is 9.29. The van der Waals surface area contributed by atoms with Gasteiger partial charge in [-0.05, 0) is 48.8 Å². The molecule has 188 valence electrons. The molecule has 0 saturated heterocycles. The van der Waals surface area contributed by atoms with Crippen LogP contribution >= 0.6 is 0 Å². The monoisotopic (exact) mass is 464 g/mol. The van der Waals surface area contributed by atoms with Crippen LogP contribution in [0.25, 0.3) is 0 Å². The molecule has 0 spiro atoms. The Morgan fingerprint density at radius 3 is 1.71 bits per heavy atom. The van der Waals surface area contributed by atoms with E-state index in [-0.39, 0.29) is 5.91 Å². The molecule has 0 saturated carbocycles. The molecule has 0 unspecified atom stereocenters. The summed E-state index contributed by atoms with van der Waals surface area (Å²) in [6, 6.07) is 3.85. The van der Waals surface area contributed by atoms with Crippen LogP contribution in [-0.4, -0.2) is 10.9 Å². The summed E-state index contributed by atoms with van der Waals surface area (Å²) in [5.74, 6) is 12.6. The van der Waals surface area contributed by atoms with Crippen molar-refractivity contribution in [3.8, 4) is 23.7 Å². The summed E-state index contributed by atoms with van der Waals surface area (Å²) in [6.45, 7) is 2.86. The molecule has 0 fully saturated rings. The largest absolute Gasteiger partial charge is 0.352 e. The number of unbranched alkanes of at least 4 members (excludes halogenated alkanes) is 16. The summed E-state index contributed by atoms with van der Waals surface area (Å²) >= 11 is 0. The minimum atomic E-state index is 0.140. The summed E-state index contributed by atoms with van der Waals surface area (Å²) < 4.78 is 0. The number of aromatic nitrogens is 1. The molecule has 1 amide bonds. The number of carbonyl (C=O) groups is 1. The van der Waals surface area contributed by atoms with Gasteiger partial charge in [-0.2, -0.15) is 0 Å². The second kappa shape index (κ2) is 23.9. The summed E-state index contributed by atoms with van der Waals surface area (Å²) in [6.07, 6.45) is 26.6. The van der Waals surface area contributed by atoms with Crippen molar-refractivity contribution in [1.29, 1.82) is 0 Å². The minimum Gasteiger partial charge on any atom is -0.352 e. The van der Waals surface area contributed by atoms with Gasteiger partial charge in [-0.3, -0.25) is 9.78 Å². The topological polar surface area (TPSA) is 42.0 Å². The van der Waals surface area contributed by atoms with Gasteiger partial charge >= 0.3 is 0 Å². The van der Waals surface area contributed by atoms with Gasteiger partial charge < -0.3 is 5.32 Å². The minimum absolute atomic E-state index is 0.140. The number of rotatable bonds is 20. The fraction of sp³-hybridized carbons (Fsp3) is 0.677. The summed E-state index contributed by atoms with van der Waals surface area (Å²) in [4.78, 5) is 15.9. The molecule has 3 heteroatoms. The number of nitrogens with zero attached hydrogens (tertiary/aromatic N) is 1. The Morgan fingerprint density at radius 2 is 1.18 bits per heavy atom. The van der Waals surface area contributed by atoms with Crippen LogP contribution in [0.1, 0.15) is 134 Å². The van der Waals surface area contributed by atoms with E-state index >= 15 is 0 Å². The van der Waals surface area contributed by atoms with Crippen LogP contribution in [0.3, 0.4) is 0 Å². The molecule has 0 atom stereocenters. The molecule has 0 aromatic carbocycles. The molecule has 1 aromatic rings. The van der Waals surface area contributed by atoms with E-state index in [0.717, 1.165) is 37.7 Å². The van der Waals surface area contributed by atoms with Crippen molar-refractivity contribution >= 4 is 5.91 Å². The number of nitrogens with one attached hydrogen (secondary N) is 1. The molecule has 1 aromatic heterocycles. The molecule has 1 N–H and O–H groups in total. The van der Waals surface area contributed by atoms with E-state index in [1.807, 2.05) is 12.1 Å². The number of pyridine rings is 1. The van der Waals surface area contributed by atoms with E-state index in [9.17, 15) is 4.79 Å². The maximum atomic E-state index is 11.9. The molecule has 0 bridgehead atoms. The Labute approximate surface area is 210 Å². The molecule has 1 rings (SSSR count). The molecule has 1 heterocycles. The molecule has 0 aliphatic rings. The summed E-state index contributed by atoms with van der Waals surface area (Å²) in [7, 11) is 0. The average molecular weight is 465 g/mol. The lowest BCUT2D eigenvalue weighted by Gasteiger charge is -2.05. The van der Waals surface area contributed by atoms with Crippen LogP contribution in [-0.2, 0) is 11.3 Å². The zero-order valence-corrected chi connectivity index (χ0v) is 21.8. The van der Waals surface area contributed by atoms with Crippen molar-refractivity contribution in [2.75, 3.05) is 0 Å². The molecule has 0 aliphatic heterocycles. The smallest absolute Gasteiger partial charge is 0.220 e. The Kier molecular flexibility index (Phi) is 20.9. The van der Waals surface area contributed by atoms with Gasteiger partial charge in [-0.1, -0.05) is 102 Å². The SMILES string of the molecule is CCCCCCCCCCCCC#CC#CCCCCCCCCC(=O)NCc1ccncc1. The van der Waals surface area contributed by atoms with Crippen molar-refractivity contribution in [3.63, 3.8) is 0 Å². The van der Waals surface area contributed by atoms with Gasteiger partial charge in [0.1, 0.15) is 0 Å². The van der Waals surface area contributed by atoms with Gasteiger partial charge in [0.25, 0.3) is 0 Å². The summed E-state index contributed by atoms with van der Waals surface area (Å²) in [5, 5.41) is 2.97. The lowest BCUT2D eigenvalue weighted by Crippen LogP contribution is -2.22.